The molecule has 1 atom stereocenters. The fourth-order valence-electron chi connectivity index (χ4n) is 2.15. The molecule has 1 heterocycles. The monoisotopic (exact) mass is 262 g/mol. The van der Waals surface area contributed by atoms with E-state index in [4.69, 9.17) is 4.74 Å². The van der Waals surface area contributed by atoms with E-state index in [1.54, 1.807) is 7.11 Å². The number of likely N-dealkylation sites (tertiary alicyclic amines) is 1. The SMILES string of the molecule is COCc1cccc(CNC2CC(=O)N(C)C2=O)c1. The Morgan fingerprint density at radius 1 is 1.37 bits per heavy atom. The topological polar surface area (TPSA) is 58.6 Å². The lowest BCUT2D eigenvalue weighted by molar-refractivity contribution is -0.137. The smallest absolute Gasteiger partial charge is 0.246 e. The molecule has 1 unspecified atom stereocenters. The first kappa shape index (κ1) is 13.7. The van der Waals surface area contributed by atoms with E-state index in [1.807, 2.05) is 24.3 Å². The van der Waals surface area contributed by atoms with Crippen molar-refractivity contribution in [3.05, 3.63) is 35.4 Å². The van der Waals surface area contributed by atoms with Crippen LogP contribution in [0.1, 0.15) is 17.5 Å². The summed E-state index contributed by atoms with van der Waals surface area (Å²) < 4.78 is 5.08. The van der Waals surface area contributed by atoms with Crippen LogP contribution in [0, 0.1) is 0 Å². The number of ether oxygens (including phenoxy) is 1. The maximum Gasteiger partial charge on any atom is 0.246 e. The number of likely N-dealkylation sites (N-methyl/N-ethyl adjacent to an activating group) is 1. The van der Waals surface area contributed by atoms with Gasteiger partial charge in [-0.1, -0.05) is 24.3 Å². The molecule has 2 rings (SSSR count). The molecule has 1 aromatic carbocycles. The van der Waals surface area contributed by atoms with E-state index in [2.05, 4.69) is 5.32 Å². The maximum atomic E-state index is 11.7. The van der Waals surface area contributed by atoms with Crippen LogP contribution in [0.25, 0.3) is 0 Å². The van der Waals surface area contributed by atoms with Gasteiger partial charge in [0.2, 0.25) is 11.8 Å². The number of hydrogen-bond acceptors (Lipinski definition) is 4. The number of benzene rings is 1. The lowest BCUT2D eigenvalue weighted by Gasteiger charge is -2.11. The molecule has 5 nitrogen and oxygen atoms in total. The van der Waals surface area contributed by atoms with Gasteiger partial charge in [0.05, 0.1) is 19.1 Å². The number of nitrogens with one attached hydrogen (secondary N) is 1. The molecule has 0 bridgehead atoms. The van der Waals surface area contributed by atoms with Crippen molar-refractivity contribution in [2.75, 3.05) is 14.2 Å². The normalized spacial score (nSPS) is 19.3. The van der Waals surface area contributed by atoms with Crippen molar-refractivity contribution < 1.29 is 14.3 Å². The first-order valence-corrected chi connectivity index (χ1v) is 6.22. The molecule has 1 N–H and O–H groups in total. The van der Waals surface area contributed by atoms with E-state index in [0.717, 1.165) is 11.1 Å². The summed E-state index contributed by atoms with van der Waals surface area (Å²) in [5.74, 6) is -0.284. The molecule has 0 aliphatic carbocycles. The van der Waals surface area contributed by atoms with E-state index >= 15 is 0 Å². The average Bonchev–Trinajstić information content (AvgIpc) is 2.65. The highest BCUT2D eigenvalue weighted by molar-refractivity contribution is 6.05. The van der Waals surface area contributed by atoms with Crippen LogP contribution < -0.4 is 5.32 Å². The number of hydrogen-bond donors (Lipinski definition) is 1. The highest BCUT2D eigenvalue weighted by Gasteiger charge is 2.35. The van der Waals surface area contributed by atoms with Gasteiger partial charge in [0.15, 0.2) is 0 Å². The Balaban J connectivity index is 1.94. The zero-order valence-electron chi connectivity index (χ0n) is 11.2. The summed E-state index contributed by atoms with van der Waals surface area (Å²) in [5.41, 5.74) is 2.16. The van der Waals surface area contributed by atoms with Crippen LogP contribution in [0.2, 0.25) is 0 Å². The highest BCUT2D eigenvalue weighted by atomic mass is 16.5. The summed E-state index contributed by atoms with van der Waals surface area (Å²) in [6, 6.07) is 7.56. The summed E-state index contributed by atoms with van der Waals surface area (Å²) in [6.45, 7) is 1.13. The van der Waals surface area contributed by atoms with Gasteiger partial charge >= 0.3 is 0 Å². The third-order valence-electron chi connectivity index (χ3n) is 3.24. The van der Waals surface area contributed by atoms with Gasteiger partial charge in [-0.25, -0.2) is 0 Å². The second-order valence-corrected chi connectivity index (χ2v) is 4.68. The lowest BCUT2D eigenvalue weighted by Crippen LogP contribution is -2.36. The molecule has 1 fully saturated rings. The maximum absolute atomic E-state index is 11.7. The minimum Gasteiger partial charge on any atom is -0.380 e. The van der Waals surface area contributed by atoms with Crippen molar-refractivity contribution in [1.82, 2.24) is 10.2 Å². The summed E-state index contributed by atoms with van der Waals surface area (Å²) in [4.78, 5) is 24.3. The highest BCUT2D eigenvalue weighted by Crippen LogP contribution is 2.12. The molecule has 2 amide bonds. The van der Waals surface area contributed by atoms with Gasteiger partial charge in [0.1, 0.15) is 0 Å². The molecule has 1 aliphatic rings. The molecular formula is C14H18N2O3. The van der Waals surface area contributed by atoms with E-state index in [-0.39, 0.29) is 18.2 Å². The predicted molar refractivity (Wildman–Crippen MR) is 70.2 cm³/mol. The van der Waals surface area contributed by atoms with Gasteiger partial charge in [-0.2, -0.15) is 0 Å². The largest absolute Gasteiger partial charge is 0.380 e. The van der Waals surface area contributed by atoms with Crippen LogP contribution in [-0.4, -0.2) is 36.9 Å². The Kier molecular flexibility index (Phi) is 4.29. The van der Waals surface area contributed by atoms with Gasteiger partial charge in [0.25, 0.3) is 0 Å². The van der Waals surface area contributed by atoms with E-state index in [9.17, 15) is 9.59 Å². The molecule has 1 aliphatic heterocycles. The molecule has 5 heteroatoms. The molecular weight excluding hydrogens is 244 g/mol. The summed E-state index contributed by atoms with van der Waals surface area (Å²) in [5, 5.41) is 3.12. The fraction of sp³-hybridized carbons (Fsp3) is 0.429. The van der Waals surface area contributed by atoms with Crippen LogP contribution in [0.3, 0.4) is 0 Å². The van der Waals surface area contributed by atoms with E-state index < -0.39 is 6.04 Å². The number of carbonyl (C=O) groups is 2. The fourth-order valence-corrected chi connectivity index (χ4v) is 2.15. The number of imide groups is 1. The molecule has 0 saturated carbocycles. The molecule has 0 spiro atoms. The number of nitrogens with zero attached hydrogens (tertiary/aromatic N) is 1. The quantitative estimate of drug-likeness (QED) is 0.793. The molecule has 0 aromatic heterocycles. The number of rotatable bonds is 5. The van der Waals surface area contributed by atoms with Crippen molar-refractivity contribution in [3.8, 4) is 0 Å². The predicted octanol–water partition coefficient (Wildman–Crippen LogP) is 0.680. The summed E-state index contributed by atoms with van der Waals surface area (Å²) in [6.07, 6.45) is 0.243. The lowest BCUT2D eigenvalue weighted by atomic mass is 10.1. The van der Waals surface area contributed by atoms with E-state index in [1.165, 1.54) is 11.9 Å². The van der Waals surface area contributed by atoms with Crippen LogP contribution in [-0.2, 0) is 27.5 Å². The van der Waals surface area contributed by atoms with Gasteiger partial charge in [-0.05, 0) is 11.1 Å². The molecule has 19 heavy (non-hydrogen) atoms. The first-order chi connectivity index (χ1) is 9.11. The van der Waals surface area contributed by atoms with Crippen molar-refractivity contribution in [2.24, 2.45) is 0 Å². The molecule has 1 saturated heterocycles. The summed E-state index contributed by atoms with van der Waals surface area (Å²) in [7, 11) is 3.18. The number of amides is 2. The van der Waals surface area contributed by atoms with Crippen molar-refractivity contribution in [1.29, 1.82) is 0 Å². The van der Waals surface area contributed by atoms with Crippen LogP contribution >= 0.6 is 0 Å². The van der Waals surface area contributed by atoms with Gasteiger partial charge in [0, 0.05) is 20.7 Å². The van der Waals surface area contributed by atoms with Crippen LogP contribution in [0.15, 0.2) is 24.3 Å². The Hall–Kier alpha value is -1.72. The number of methoxy groups -OCH3 is 1. The third kappa shape index (κ3) is 3.19. The third-order valence-corrected chi connectivity index (χ3v) is 3.24. The van der Waals surface area contributed by atoms with Crippen LogP contribution in [0.5, 0.6) is 0 Å². The zero-order valence-corrected chi connectivity index (χ0v) is 11.2. The van der Waals surface area contributed by atoms with Gasteiger partial charge in [-0.15, -0.1) is 0 Å². The average molecular weight is 262 g/mol. The second kappa shape index (κ2) is 5.95. The first-order valence-electron chi connectivity index (χ1n) is 6.22. The molecule has 1 aromatic rings. The van der Waals surface area contributed by atoms with Crippen LogP contribution in [0.4, 0.5) is 0 Å². The Labute approximate surface area is 112 Å². The zero-order chi connectivity index (χ0) is 13.8. The summed E-state index contributed by atoms with van der Waals surface area (Å²) >= 11 is 0. The van der Waals surface area contributed by atoms with Gasteiger partial charge < -0.3 is 10.1 Å². The Morgan fingerprint density at radius 3 is 2.74 bits per heavy atom. The van der Waals surface area contributed by atoms with Gasteiger partial charge in [-0.3, -0.25) is 14.5 Å². The van der Waals surface area contributed by atoms with E-state index in [0.29, 0.717) is 13.2 Å². The standard InChI is InChI=1S/C14H18N2O3/c1-16-13(17)7-12(14(16)18)15-8-10-4-3-5-11(6-10)9-19-2/h3-6,12,15H,7-9H2,1-2H3. The van der Waals surface area contributed by atoms with Crippen molar-refractivity contribution in [2.45, 2.75) is 25.6 Å². The minimum atomic E-state index is -0.399. The number of carbonyl (C=O) groups excluding carboxylic acids is 2. The minimum absolute atomic E-state index is 0.129. The Bertz CT molecular complexity index is 487. The Morgan fingerprint density at radius 2 is 2.11 bits per heavy atom. The molecule has 102 valence electrons. The molecule has 0 radical (unpaired) electrons. The van der Waals surface area contributed by atoms with Crippen molar-refractivity contribution in [3.63, 3.8) is 0 Å². The van der Waals surface area contributed by atoms with Crippen molar-refractivity contribution >= 4 is 11.8 Å². The second-order valence-electron chi connectivity index (χ2n) is 4.68.